The Kier molecular flexibility index (Phi) is 3.76. The van der Waals surface area contributed by atoms with E-state index < -0.39 is 5.97 Å². The van der Waals surface area contributed by atoms with Gasteiger partial charge in [0, 0.05) is 6.54 Å². The molecule has 29 heavy (non-hydrogen) atoms. The minimum absolute atomic E-state index is 0.199. The summed E-state index contributed by atoms with van der Waals surface area (Å²) < 4.78 is 8.58. The molecule has 0 saturated carbocycles. The number of nitrogens with zero attached hydrogens (tertiary/aromatic N) is 6. The highest BCUT2D eigenvalue weighted by molar-refractivity contribution is 5.90. The highest BCUT2D eigenvalue weighted by Crippen LogP contribution is 2.23. The minimum atomic E-state index is -0.944. The van der Waals surface area contributed by atoms with Crippen molar-refractivity contribution >= 4 is 28.6 Å². The van der Waals surface area contributed by atoms with Crippen LogP contribution in [0.1, 0.15) is 15.9 Å². The van der Waals surface area contributed by atoms with Gasteiger partial charge in [-0.15, -0.1) is 5.10 Å². The van der Waals surface area contributed by atoms with Crippen LogP contribution in [-0.4, -0.2) is 40.4 Å². The molecule has 0 atom stereocenters. The van der Waals surface area contributed by atoms with E-state index in [1.54, 1.807) is 53.5 Å². The Labute approximate surface area is 163 Å². The second-order valence-corrected chi connectivity index (χ2v) is 6.48. The summed E-state index contributed by atoms with van der Waals surface area (Å²) in [5, 5.41) is 18.5. The Morgan fingerprint density at radius 2 is 1.97 bits per heavy atom. The molecule has 0 aliphatic rings. The molecular weight excluding hydrogens is 374 g/mol. The maximum absolute atomic E-state index is 11.0. The number of hydrogen-bond donors (Lipinski definition) is 2. The lowest BCUT2D eigenvalue weighted by Gasteiger charge is -2.05. The van der Waals surface area contributed by atoms with Crippen LogP contribution in [0.3, 0.4) is 0 Å². The number of carbonyl (C=O) groups is 1. The van der Waals surface area contributed by atoms with Crippen molar-refractivity contribution in [2.45, 2.75) is 13.0 Å². The van der Waals surface area contributed by atoms with Gasteiger partial charge in [-0.2, -0.15) is 14.6 Å². The summed E-state index contributed by atoms with van der Waals surface area (Å²) in [5.74, 6) is 0.214. The first-order valence-electron chi connectivity index (χ1n) is 8.84. The molecule has 4 aromatic heterocycles. The number of furan rings is 1. The number of fused-ring (bicyclic) bond motifs is 3. The Morgan fingerprint density at radius 1 is 1.14 bits per heavy atom. The molecule has 10 heteroatoms. The quantitative estimate of drug-likeness (QED) is 0.467. The van der Waals surface area contributed by atoms with Crippen LogP contribution in [0.15, 0.2) is 53.3 Å². The molecule has 0 aliphatic carbocycles. The zero-order valence-corrected chi connectivity index (χ0v) is 15.1. The Hall–Kier alpha value is -4.21. The fourth-order valence-corrected chi connectivity index (χ4v) is 3.18. The number of carboxylic acid groups (broad SMARTS) is 1. The smallest absolute Gasteiger partial charge is 0.335 e. The van der Waals surface area contributed by atoms with Crippen molar-refractivity contribution in [3.63, 3.8) is 0 Å². The predicted octanol–water partition coefficient (Wildman–Crippen LogP) is 2.26. The third-order valence-electron chi connectivity index (χ3n) is 4.65. The van der Waals surface area contributed by atoms with Crippen molar-refractivity contribution < 1.29 is 14.3 Å². The van der Waals surface area contributed by atoms with Gasteiger partial charge in [-0.1, -0.05) is 12.1 Å². The molecule has 10 nitrogen and oxygen atoms in total. The van der Waals surface area contributed by atoms with Crippen molar-refractivity contribution in [2.75, 3.05) is 5.73 Å². The topological polar surface area (TPSA) is 137 Å². The van der Waals surface area contributed by atoms with Crippen molar-refractivity contribution in [2.24, 2.45) is 0 Å². The first-order chi connectivity index (χ1) is 14.1. The number of anilines is 1. The molecule has 0 amide bonds. The average molecular weight is 389 g/mol. The van der Waals surface area contributed by atoms with Gasteiger partial charge in [-0.3, -0.25) is 0 Å². The molecule has 0 saturated heterocycles. The third kappa shape index (κ3) is 2.87. The minimum Gasteiger partial charge on any atom is -0.478 e. The molecule has 3 N–H and O–H groups in total. The number of carboxylic acids is 1. The lowest BCUT2D eigenvalue weighted by Crippen LogP contribution is -2.07. The molecular formula is C19H15N7O3. The number of aromatic nitrogens is 6. The second kappa shape index (κ2) is 6.44. The summed E-state index contributed by atoms with van der Waals surface area (Å²) in [4.78, 5) is 19.9. The lowest BCUT2D eigenvalue weighted by molar-refractivity contribution is 0.0697. The highest BCUT2D eigenvalue weighted by atomic mass is 16.4. The summed E-state index contributed by atoms with van der Waals surface area (Å²) in [6.45, 7) is 0.553. The summed E-state index contributed by atoms with van der Waals surface area (Å²) >= 11 is 0. The summed E-state index contributed by atoms with van der Waals surface area (Å²) in [6, 6.07) is 10.3. The van der Waals surface area contributed by atoms with Crippen molar-refractivity contribution in [1.29, 1.82) is 0 Å². The van der Waals surface area contributed by atoms with Crippen LogP contribution in [0, 0.1) is 0 Å². The largest absolute Gasteiger partial charge is 0.478 e. The first kappa shape index (κ1) is 16.9. The maximum atomic E-state index is 11.0. The number of aryl methyl sites for hydroxylation is 2. The van der Waals surface area contributed by atoms with Crippen LogP contribution in [0.4, 0.5) is 5.95 Å². The molecule has 1 aromatic carbocycles. The number of nitrogens with two attached hydrogens (primary N) is 1. The molecule has 0 radical (unpaired) electrons. The SMILES string of the molecule is Nc1nc2c(cnn2CCc2ccc(C(=O)O)cc2)c2nc(-c3ccco3)nn12. The van der Waals surface area contributed by atoms with E-state index >= 15 is 0 Å². The normalized spacial score (nSPS) is 11.4. The molecule has 4 heterocycles. The van der Waals surface area contributed by atoms with Gasteiger partial charge < -0.3 is 15.3 Å². The van der Waals surface area contributed by atoms with E-state index in [4.69, 9.17) is 15.3 Å². The van der Waals surface area contributed by atoms with Crippen LogP contribution < -0.4 is 5.73 Å². The molecule has 0 bridgehead atoms. The van der Waals surface area contributed by atoms with E-state index in [-0.39, 0.29) is 11.5 Å². The van der Waals surface area contributed by atoms with Crippen LogP contribution in [0.5, 0.6) is 0 Å². The van der Waals surface area contributed by atoms with Crippen LogP contribution in [0.25, 0.3) is 28.3 Å². The van der Waals surface area contributed by atoms with E-state index in [0.29, 0.717) is 35.8 Å². The van der Waals surface area contributed by atoms with Gasteiger partial charge in [0.05, 0.1) is 23.4 Å². The highest BCUT2D eigenvalue weighted by Gasteiger charge is 2.17. The van der Waals surface area contributed by atoms with Gasteiger partial charge >= 0.3 is 5.97 Å². The molecule has 144 valence electrons. The monoisotopic (exact) mass is 389 g/mol. The molecule has 0 fully saturated rings. The summed E-state index contributed by atoms with van der Waals surface area (Å²) in [6.07, 6.45) is 3.90. The van der Waals surface area contributed by atoms with E-state index in [0.717, 1.165) is 10.9 Å². The molecule has 0 aliphatic heterocycles. The Balaban J connectivity index is 1.48. The van der Waals surface area contributed by atoms with Crippen molar-refractivity contribution in [3.05, 3.63) is 60.0 Å². The lowest BCUT2D eigenvalue weighted by atomic mass is 10.1. The van der Waals surface area contributed by atoms with Crippen LogP contribution in [-0.2, 0) is 13.0 Å². The second-order valence-electron chi connectivity index (χ2n) is 6.48. The van der Waals surface area contributed by atoms with Crippen molar-refractivity contribution in [1.82, 2.24) is 29.4 Å². The molecule has 5 aromatic rings. The number of aromatic carboxylic acids is 1. The van der Waals surface area contributed by atoms with Crippen LogP contribution >= 0.6 is 0 Å². The van der Waals surface area contributed by atoms with E-state index in [2.05, 4.69) is 20.2 Å². The maximum Gasteiger partial charge on any atom is 0.335 e. The first-order valence-corrected chi connectivity index (χ1v) is 8.84. The summed E-state index contributed by atoms with van der Waals surface area (Å²) in [7, 11) is 0. The predicted molar refractivity (Wildman–Crippen MR) is 103 cm³/mol. The van der Waals surface area contributed by atoms with Gasteiger partial charge in [0.2, 0.25) is 11.8 Å². The zero-order valence-electron chi connectivity index (χ0n) is 15.1. The van der Waals surface area contributed by atoms with Gasteiger partial charge in [-0.05, 0) is 36.2 Å². The number of rotatable bonds is 5. The fraction of sp³-hybridized carbons (Fsp3) is 0.105. The van der Waals surface area contributed by atoms with Gasteiger partial charge in [0.15, 0.2) is 17.1 Å². The zero-order chi connectivity index (χ0) is 20.0. The van der Waals surface area contributed by atoms with Gasteiger partial charge in [0.1, 0.15) is 0 Å². The molecule has 5 rings (SSSR count). The third-order valence-corrected chi connectivity index (χ3v) is 4.65. The van der Waals surface area contributed by atoms with E-state index in [1.165, 1.54) is 4.52 Å². The van der Waals surface area contributed by atoms with E-state index in [9.17, 15) is 4.79 Å². The number of nitrogen functional groups attached to an aromatic ring is 1. The molecule has 0 spiro atoms. The van der Waals surface area contributed by atoms with Crippen molar-refractivity contribution in [3.8, 4) is 11.6 Å². The number of hydrogen-bond acceptors (Lipinski definition) is 7. The van der Waals surface area contributed by atoms with Gasteiger partial charge in [-0.25, -0.2) is 14.5 Å². The Morgan fingerprint density at radius 3 is 2.69 bits per heavy atom. The Bertz CT molecular complexity index is 1330. The molecule has 0 unspecified atom stereocenters. The summed E-state index contributed by atoms with van der Waals surface area (Å²) in [5.41, 5.74) is 8.50. The average Bonchev–Trinajstić information content (AvgIpc) is 3.45. The van der Waals surface area contributed by atoms with E-state index in [1.807, 2.05) is 0 Å². The fourth-order valence-electron chi connectivity index (χ4n) is 3.18. The van der Waals surface area contributed by atoms with Crippen LogP contribution in [0.2, 0.25) is 0 Å². The standard InChI is InChI=1S/C19H15N7O3/c20-19-23-16-13(17-22-15(24-26(17)19)14-2-1-9-29-14)10-21-25(16)8-7-11-3-5-12(6-4-11)18(27)28/h1-6,9-10H,7-8H2,(H2,20,23)(H,27,28). The number of benzene rings is 1. The van der Waals surface area contributed by atoms with Gasteiger partial charge in [0.25, 0.3) is 0 Å².